The molecular weight excluding hydrogens is 314 g/mol. The fourth-order valence-electron chi connectivity index (χ4n) is 3.68. The van der Waals surface area contributed by atoms with Crippen molar-refractivity contribution in [3.63, 3.8) is 0 Å². The second kappa shape index (κ2) is 8.88. The lowest BCUT2D eigenvalue weighted by Crippen LogP contribution is -2.49. The van der Waals surface area contributed by atoms with Gasteiger partial charge in [-0.05, 0) is 55.2 Å². The van der Waals surface area contributed by atoms with Crippen molar-refractivity contribution in [2.75, 3.05) is 11.9 Å². The van der Waals surface area contributed by atoms with Gasteiger partial charge in [-0.1, -0.05) is 39.3 Å². The molecule has 1 aromatic carbocycles. The van der Waals surface area contributed by atoms with Gasteiger partial charge in [0.05, 0.1) is 6.54 Å². The van der Waals surface area contributed by atoms with E-state index in [1.165, 1.54) is 6.42 Å². The Bertz CT molecular complexity index is 600. The Morgan fingerprint density at radius 1 is 1.24 bits per heavy atom. The van der Waals surface area contributed by atoms with E-state index in [4.69, 9.17) is 0 Å². The molecule has 0 heterocycles. The normalized spacial score (nSPS) is 23.2. The minimum absolute atomic E-state index is 0.00660. The van der Waals surface area contributed by atoms with Gasteiger partial charge >= 0.3 is 6.03 Å². The first-order valence-electron chi connectivity index (χ1n) is 9.26. The van der Waals surface area contributed by atoms with Crippen LogP contribution >= 0.6 is 0 Å². The topological polar surface area (TPSA) is 70.2 Å². The van der Waals surface area contributed by atoms with Crippen molar-refractivity contribution in [2.24, 2.45) is 17.8 Å². The minimum atomic E-state index is -0.363. The van der Waals surface area contributed by atoms with E-state index in [2.05, 4.69) is 36.7 Å². The molecule has 1 aliphatic rings. The Morgan fingerprint density at radius 2 is 2.00 bits per heavy atom. The van der Waals surface area contributed by atoms with Crippen LogP contribution in [0.5, 0.6) is 0 Å². The Balaban J connectivity index is 1.80. The quantitative estimate of drug-likeness (QED) is 0.761. The lowest BCUT2D eigenvalue weighted by Gasteiger charge is -2.37. The molecule has 3 amide bonds. The van der Waals surface area contributed by atoms with Crippen LogP contribution in [0.25, 0.3) is 0 Å². The zero-order valence-corrected chi connectivity index (χ0v) is 15.8. The first-order chi connectivity index (χ1) is 11.8. The summed E-state index contributed by atoms with van der Waals surface area (Å²) in [5, 5.41) is 8.51. The molecule has 5 heteroatoms. The SMILES string of the molecule is Cc1cccc(NC(=O)NCC(=O)NC2CC(C)CCC2C(C)C)c1. The van der Waals surface area contributed by atoms with Crippen LogP contribution in [0.15, 0.2) is 24.3 Å². The number of nitrogens with one attached hydrogen (secondary N) is 3. The van der Waals surface area contributed by atoms with E-state index in [0.29, 0.717) is 17.8 Å². The van der Waals surface area contributed by atoms with Gasteiger partial charge in [-0.25, -0.2) is 4.79 Å². The lowest BCUT2D eigenvalue weighted by atomic mass is 9.74. The van der Waals surface area contributed by atoms with Gasteiger partial charge in [0.25, 0.3) is 0 Å². The summed E-state index contributed by atoms with van der Waals surface area (Å²) in [6.07, 6.45) is 3.40. The van der Waals surface area contributed by atoms with E-state index < -0.39 is 0 Å². The monoisotopic (exact) mass is 345 g/mol. The van der Waals surface area contributed by atoms with Gasteiger partial charge in [0.15, 0.2) is 0 Å². The third-order valence-corrected chi connectivity index (χ3v) is 5.05. The summed E-state index contributed by atoms with van der Waals surface area (Å²) in [5.41, 5.74) is 1.79. The average Bonchev–Trinajstić information content (AvgIpc) is 2.53. The zero-order chi connectivity index (χ0) is 18.4. The molecule has 3 N–H and O–H groups in total. The third-order valence-electron chi connectivity index (χ3n) is 5.05. The Hall–Kier alpha value is -2.04. The number of rotatable bonds is 5. The van der Waals surface area contributed by atoms with Crippen LogP contribution in [-0.4, -0.2) is 24.5 Å². The average molecular weight is 345 g/mol. The zero-order valence-electron chi connectivity index (χ0n) is 15.8. The van der Waals surface area contributed by atoms with Gasteiger partial charge in [-0.3, -0.25) is 4.79 Å². The van der Waals surface area contributed by atoms with Crippen LogP contribution in [0.2, 0.25) is 0 Å². The maximum absolute atomic E-state index is 12.2. The van der Waals surface area contributed by atoms with E-state index in [9.17, 15) is 9.59 Å². The molecule has 0 saturated heterocycles. The Kier molecular flexibility index (Phi) is 6.85. The highest BCUT2D eigenvalue weighted by atomic mass is 16.2. The Morgan fingerprint density at radius 3 is 2.68 bits per heavy atom. The fraction of sp³-hybridized carbons (Fsp3) is 0.600. The van der Waals surface area contributed by atoms with Gasteiger partial charge < -0.3 is 16.0 Å². The van der Waals surface area contributed by atoms with E-state index in [1.807, 2.05) is 31.2 Å². The maximum Gasteiger partial charge on any atom is 0.319 e. The van der Waals surface area contributed by atoms with Crippen LogP contribution in [0.4, 0.5) is 10.5 Å². The van der Waals surface area contributed by atoms with E-state index >= 15 is 0 Å². The summed E-state index contributed by atoms with van der Waals surface area (Å²) in [5.74, 6) is 1.58. The van der Waals surface area contributed by atoms with Crippen molar-refractivity contribution in [2.45, 2.75) is 53.0 Å². The molecule has 0 aliphatic heterocycles. The van der Waals surface area contributed by atoms with Crippen LogP contribution in [0, 0.1) is 24.7 Å². The second-order valence-electron chi connectivity index (χ2n) is 7.68. The van der Waals surface area contributed by atoms with Gasteiger partial charge in [0.2, 0.25) is 5.91 Å². The number of urea groups is 1. The van der Waals surface area contributed by atoms with Crippen LogP contribution in [0.3, 0.4) is 0 Å². The molecule has 3 unspecified atom stereocenters. The molecule has 0 aromatic heterocycles. The first-order valence-corrected chi connectivity index (χ1v) is 9.26. The standard InChI is InChI=1S/C20H31N3O2/c1-13(2)17-9-8-15(4)11-18(17)23-19(24)12-21-20(25)22-16-7-5-6-14(3)10-16/h5-7,10,13,15,17-18H,8-9,11-12H2,1-4H3,(H,23,24)(H2,21,22,25). The molecule has 1 aromatic rings. The summed E-state index contributed by atoms with van der Waals surface area (Å²) >= 11 is 0. The predicted molar refractivity (Wildman–Crippen MR) is 101 cm³/mol. The summed E-state index contributed by atoms with van der Waals surface area (Å²) in [6.45, 7) is 8.63. The summed E-state index contributed by atoms with van der Waals surface area (Å²) in [6, 6.07) is 7.40. The van der Waals surface area contributed by atoms with Crippen LogP contribution in [0.1, 0.15) is 45.6 Å². The molecule has 5 nitrogen and oxygen atoms in total. The molecule has 3 atom stereocenters. The van der Waals surface area contributed by atoms with E-state index in [-0.39, 0.29) is 24.5 Å². The van der Waals surface area contributed by atoms with Crippen molar-refractivity contribution in [3.05, 3.63) is 29.8 Å². The number of anilines is 1. The summed E-state index contributed by atoms with van der Waals surface area (Å²) in [7, 11) is 0. The van der Waals surface area contributed by atoms with Crippen LogP contribution in [-0.2, 0) is 4.79 Å². The van der Waals surface area contributed by atoms with Crippen molar-refractivity contribution in [3.8, 4) is 0 Å². The van der Waals surface area contributed by atoms with Crippen molar-refractivity contribution in [1.29, 1.82) is 0 Å². The number of carbonyl (C=O) groups excluding carboxylic acids is 2. The Labute approximate surface area is 151 Å². The van der Waals surface area contributed by atoms with Crippen molar-refractivity contribution in [1.82, 2.24) is 10.6 Å². The van der Waals surface area contributed by atoms with E-state index in [1.54, 1.807) is 0 Å². The highest BCUT2D eigenvalue weighted by molar-refractivity contribution is 5.92. The van der Waals surface area contributed by atoms with Gasteiger partial charge in [-0.15, -0.1) is 0 Å². The number of hydrogen-bond acceptors (Lipinski definition) is 2. The molecule has 1 fully saturated rings. The fourth-order valence-corrected chi connectivity index (χ4v) is 3.68. The predicted octanol–water partition coefficient (Wildman–Crippen LogP) is 3.69. The number of aryl methyl sites for hydroxylation is 1. The molecular formula is C20H31N3O2. The molecule has 1 saturated carbocycles. The second-order valence-corrected chi connectivity index (χ2v) is 7.68. The molecule has 1 aliphatic carbocycles. The van der Waals surface area contributed by atoms with Crippen molar-refractivity contribution >= 4 is 17.6 Å². The van der Waals surface area contributed by atoms with Gasteiger partial charge in [0.1, 0.15) is 0 Å². The minimum Gasteiger partial charge on any atom is -0.352 e. The summed E-state index contributed by atoms with van der Waals surface area (Å²) in [4.78, 5) is 24.2. The lowest BCUT2D eigenvalue weighted by molar-refractivity contribution is -0.121. The molecule has 0 radical (unpaired) electrons. The molecule has 0 spiro atoms. The molecule has 2 rings (SSSR count). The van der Waals surface area contributed by atoms with Crippen molar-refractivity contribution < 1.29 is 9.59 Å². The smallest absolute Gasteiger partial charge is 0.319 e. The molecule has 0 bridgehead atoms. The summed E-state index contributed by atoms with van der Waals surface area (Å²) < 4.78 is 0. The highest BCUT2D eigenvalue weighted by Gasteiger charge is 2.31. The number of amides is 3. The highest BCUT2D eigenvalue weighted by Crippen LogP contribution is 2.33. The molecule has 138 valence electrons. The third kappa shape index (κ3) is 6.07. The van der Waals surface area contributed by atoms with Gasteiger partial charge in [-0.2, -0.15) is 0 Å². The number of hydrogen-bond donors (Lipinski definition) is 3. The number of benzene rings is 1. The van der Waals surface area contributed by atoms with E-state index in [0.717, 1.165) is 24.1 Å². The van der Waals surface area contributed by atoms with Crippen LogP contribution < -0.4 is 16.0 Å². The van der Waals surface area contributed by atoms with Gasteiger partial charge in [0, 0.05) is 11.7 Å². The maximum atomic E-state index is 12.2. The largest absolute Gasteiger partial charge is 0.352 e. The number of carbonyl (C=O) groups is 2. The molecule has 25 heavy (non-hydrogen) atoms. The first kappa shape index (κ1) is 19.3.